The highest BCUT2D eigenvalue weighted by molar-refractivity contribution is 5.87. The number of hydrogen-bond donors (Lipinski definition) is 0. The van der Waals surface area contributed by atoms with Gasteiger partial charge in [0, 0.05) is 6.08 Å². The molecule has 1 rings (SSSR count). The maximum absolute atomic E-state index is 11.3. The molecule has 0 aliphatic carbocycles. The van der Waals surface area contributed by atoms with E-state index in [1.807, 2.05) is 6.08 Å². The number of methoxy groups -OCH3 is 2. The molecular weight excluding hydrogens is 252 g/mol. The standard InChI is InChI=1S/C17H24O3/c1-11(2)14-10-16(19-5)15(12(3)4)9-13(14)7-8-17(18)20-6/h7-12H,1-6H3/b8-7+. The van der Waals surface area contributed by atoms with Crippen molar-refractivity contribution in [3.05, 3.63) is 34.9 Å². The molecule has 0 fully saturated rings. The van der Waals surface area contributed by atoms with E-state index >= 15 is 0 Å². The number of hydrogen-bond acceptors (Lipinski definition) is 3. The van der Waals surface area contributed by atoms with E-state index in [0.717, 1.165) is 22.4 Å². The Bertz CT molecular complexity index is 499. The zero-order valence-corrected chi connectivity index (χ0v) is 13.2. The maximum atomic E-state index is 11.3. The van der Waals surface area contributed by atoms with Crippen molar-refractivity contribution < 1.29 is 14.3 Å². The highest BCUT2D eigenvalue weighted by Gasteiger charge is 2.14. The fraction of sp³-hybridized carbons (Fsp3) is 0.471. The van der Waals surface area contributed by atoms with Gasteiger partial charge in [-0.1, -0.05) is 27.7 Å². The summed E-state index contributed by atoms with van der Waals surface area (Å²) in [6, 6.07) is 4.16. The highest BCUT2D eigenvalue weighted by atomic mass is 16.5. The SMILES string of the molecule is COC(=O)/C=C/c1cc(C(C)C)c(OC)cc1C(C)C. The molecule has 1 aromatic carbocycles. The van der Waals surface area contributed by atoms with Crippen LogP contribution in [-0.2, 0) is 9.53 Å². The van der Waals surface area contributed by atoms with Crippen LogP contribution in [0.25, 0.3) is 6.08 Å². The molecule has 110 valence electrons. The first-order chi connectivity index (χ1) is 9.40. The van der Waals surface area contributed by atoms with Crippen molar-refractivity contribution in [2.75, 3.05) is 14.2 Å². The van der Waals surface area contributed by atoms with Crippen LogP contribution >= 0.6 is 0 Å². The minimum absolute atomic E-state index is 0.346. The molecule has 0 aliphatic rings. The Balaban J connectivity index is 3.35. The van der Waals surface area contributed by atoms with Crippen molar-refractivity contribution in [1.29, 1.82) is 0 Å². The third kappa shape index (κ3) is 3.86. The predicted octanol–water partition coefficient (Wildman–Crippen LogP) is 4.13. The van der Waals surface area contributed by atoms with Gasteiger partial charge in [-0.2, -0.15) is 0 Å². The van der Waals surface area contributed by atoms with Gasteiger partial charge in [0.15, 0.2) is 0 Å². The first kappa shape index (κ1) is 16.3. The van der Waals surface area contributed by atoms with Crippen LogP contribution in [-0.4, -0.2) is 20.2 Å². The third-order valence-corrected chi connectivity index (χ3v) is 3.28. The van der Waals surface area contributed by atoms with E-state index in [4.69, 9.17) is 4.74 Å². The Labute approximate surface area is 121 Å². The minimum Gasteiger partial charge on any atom is -0.496 e. The summed E-state index contributed by atoms with van der Waals surface area (Å²) in [5.74, 6) is 1.26. The number of carbonyl (C=O) groups is 1. The Kier molecular flexibility index (Phi) is 5.81. The molecule has 0 N–H and O–H groups in total. The molecule has 0 unspecified atom stereocenters. The second-order valence-corrected chi connectivity index (χ2v) is 5.39. The van der Waals surface area contributed by atoms with Crippen molar-refractivity contribution >= 4 is 12.0 Å². The lowest BCUT2D eigenvalue weighted by Gasteiger charge is -2.18. The second-order valence-electron chi connectivity index (χ2n) is 5.39. The van der Waals surface area contributed by atoms with Crippen molar-refractivity contribution in [2.45, 2.75) is 39.5 Å². The van der Waals surface area contributed by atoms with Crippen LogP contribution in [0, 0.1) is 0 Å². The average molecular weight is 276 g/mol. The maximum Gasteiger partial charge on any atom is 0.330 e. The van der Waals surface area contributed by atoms with Gasteiger partial charge >= 0.3 is 5.97 Å². The zero-order chi connectivity index (χ0) is 15.3. The van der Waals surface area contributed by atoms with Gasteiger partial charge in [-0.15, -0.1) is 0 Å². The van der Waals surface area contributed by atoms with Crippen LogP contribution < -0.4 is 4.74 Å². The van der Waals surface area contributed by atoms with Crippen LogP contribution in [0.3, 0.4) is 0 Å². The van der Waals surface area contributed by atoms with Crippen molar-refractivity contribution in [3.8, 4) is 5.75 Å². The smallest absolute Gasteiger partial charge is 0.330 e. The van der Waals surface area contributed by atoms with Crippen molar-refractivity contribution in [3.63, 3.8) is 0 Å². The topological polar surface area (TPSA) is 35.5 Å². The van der Waals surface area contributed by atoms with E-state index in [0.29, 0.717) is 11.8 Å². The highest BCUT2D eigenvalue weighted by Crippen LogP contribution is 2.33. The van der Waals surface area contributed by atoms with Gasteiger partial charge in [-0.05, 0) is 46.7 Å². The number of carbonyl (C=O) groups excluding carboxylic acids is 1. The summed E-state index contributed by atoms with van der Waals surface area (Å²) in [7, 11) is 3.07. The third-order valence-electron chi connectivity index (χ3n) is 3.28. The van der Waals surface area contributed by atoms with E-state index in [1.165, 1.54) is 13.2 Å². The summed E-state index contributed by atoms with van der Waals surface area (Å²) in [5, 5.41) is 0. The van der Waals surface area contributed by atoms with Gasteiger partial charge in [-0.3, -0.25) is 0 Å². The summed E-state index contributed by atoms with van der Waals surface area (Å²) in [4.78, 5) is 11.3. The van der Waals surface area contributed by atoms with Gasteiger partial charge in [0.2, 0.25) is 0 Å². The Morgan fingerprint density at radius 1 is 1.05 bits per heavy atom. The van der Waals surface area contributed by atoms with Crippen molar-refractivity contribution in [1.82, 2.24) is 0 Å². The lowest BCUT2D eigenvalue weighted by molar-refractivity contribution is -0.134. The van der Waals surface area contributed by atoms with E-state index in [9.17, 15) is 4.79 Å². The van der Waals surface area contributed by atoms with Crippen LogP contribution in [0.4, 0.5) is 0 Å². The molecule has 0 amide bonds. The molecule has 0 saturated carbocycles. The van der Waals surface area contributed by atoms with Gasteiger partial charge in [0.25, 0.3) is 0 Å². The van der Waals surface area contributed by atoms with Gasteiger partial charge in [0.1, 0.15) is 5.75 Å². The van der Waals surface area contributed by atoms with Crippen LogP contribution in [0.1, 0.15) is 56.2 Å². The number of rotatable bonds is 5. The lowest BCUT2D eigenvalue weighted by atomic mass is 9.91. The first-order valence-corrected chi connectivity index (χ1v) is 6.88. The molecule has 0 spiro atoms. The zero-order valence-electron chi connectivity index (χ0n) is 13.2. The number of benzene rings is 1. The lowest BCUT2D eigenvalue weighted by Crippen LogP contribution is -2.01. The monoisotopic (exact) mass is 276 g/mol. The largest absolute Gasteiger partial charge is 0.496 e. The summed E-state index contributed by atoms with van der Waals surface area (Å²) < 4.78 is 10.1. The van der Waals surface area contributed by atoms with Crippen LogP contribution in [0.2, 0.25) is 0 Å². The van der Waals surface area contributed by atoms with Gasteiger partial charge < -0.3 is 9.47 Å². The molecule has 0 radical (unpaired) electrons. The molecule has 20 heavy (non-hydrogen) atoms. The molecule has 1 aromatic rings. The molecule has 0 saturated heterocycles. The summed E-state index contributed by atoms with van der Waals surface area (Å²) in [5.41, 5.74) is 3.34. The van der Waals surface area contributed by atoms with Crippen molar-refractivity contribution in [2.24, 2.45) is 0 Å². The Morgan fingerprint density at radius 2 is 1.65 bits per heavy atom. The predicted molar refractivity (Wildman–Crippen MR) is 82.2 cm³/mol. The van der Waals surface area contributed by atoms with Crippen LogP contribution in [0.5, 0.6) is 5.75 Å². The molecule has 0 aliphatic heterocycles. The number of esters is 1. The van der Waals surface area contributed by atoms with Gasteiger partial charge in [-0.25, -0.2) is 4.79 Å². The Morgan fingerprint density at radius 3 is 2.10 bits per heavy atom. The first-order valence-electron chi connectivity index (χ1n) is 6.88. The van der Waals surface area contributed by atoms with E-state index < -0.39 is 0 Å². The summed E-state index contributed by atoms with van der Waals surface area (Å²) in [6.07, 6.45) is 3.27. The Hall–Kier alpha value is -1.77. The van der Waals surface area contributed by atoms with Crippen LogP contribution in [0.15, 0.2) is 18.2 Å². The summed E-state index contributed by atoms with van der Waals surface area (Å²) in [6.45, 7) is 8.50. The quantitative estimate of drug-likeness (QED) is 0.599. The molecule has 0 bridgehead atoms. The fourth-order valence-corrected chi connectivity index (χ4v) is 2.13. The number of ether oxygens (including phenoxy) is 2. The molecule has 3 nitrogen and oxygen atoms in total. The molecule has 0 aromatic heterocycles. The molecule has 0 heterocycles. The second kappa shape index (κ2) is 7.13. The molecule has 0 atom stereocenters. The van der Waals surface area contributed by atoms with E-state index in [1.54, 1.807) is 7.11 Å². The molecular formula is C17H24O3. The fourth-order valence-electron chi connectivity index (χ4n) is 2.13. The van der Waals surface area contributed by atoms with E-state index in [2.05, 4.69) is 44.6 Å². The normalized spacial score (nSPS) is 11.4. The van der Waals surface area contributed by atoms with E-state index in [-0.39, 0.29) is 5.97 Å². The average Bonchev–Trinajstić information content (AvgIpc) is 2.43. The minimum atomic E-state index is -0.346. The summed E-state index contributed by atoms with van der Waals surface area (Å²) >= 11 is 0. The molecule has 3 heteroatoms. The van der Waals surface area contributed by atoms with Gasteiger partial charge in [0.05, 0.1) is 14.2 Å².